The SMILES string of the molecule is CC(C)NC(=O)Nc1cccc(-c2nc(-c3ccccc3-n3cccn3)no2)c1. The Balaban J connectivity index is 1.61. The van der Waals surface area contributed by atoms with Gasteiger partial charge in [-0.05, 0) is 50.2 Å². The lowest BCUT2D eigenvalue weighted by Gasteiger charge is -2.10. The van der Waals surface area contributed by atoms with Gasteiger partial charge in [0.25, 0.3) is 5.89 Å². The Morgan fingerprint density at radius 1 is 1.10 bits per heavy atom. The number of hydrogen-bond acceptors (Lipinski definition) is 5. The fourth-order valence-corrected chi connectivity index (χ4v) is 2.88. The molecule has 4 rings (SSSR count). The van der Waals surface area contributed by atoms with Crippen molar-refractivity contribution >= 4 is 11.7 Å². The smallest absolute Gasteiger partial charge is 0.319 e. The zero-order chi connectivity index (χ0) is 20.2. The lowest BCUT2D eigenvalue weighted by molar-refractivity contribution is 0.250. The number of para-hydroxylation sites is 1. The first-order valence-electron chi connectivity index (χ1n) is 9.21. The van der Waals surface area contributed by atoms with E-state index < -0.39 is 0 Å². The Bertz CT molecular complexity index is 1120. The number of amides is 2. The van der Waals surface area contributed by atoms with Gasteiger partial charge in [-0.1, -0.05) is 23.4 Å². The van der Waals surface area contributed by atoms with Gasteiger partial charge in [0.2, 0.25) is 5.82 Å². The summed E-state index contributed by atoms with van der Waals surface area (Å²) >= 11 is 0. The van der Waals surface area contributed by atoms with Crippen LogP contribution in [0.2, 0.25) is 0 Å². The third-order valence-corrected chi connectivity index (χ3v) is 4.11. The molecule has 0 saturated heterocycles. The number of benzene rings is 2. The highest BCUT2D eigenvalue weighted by Crippen LogP contribution is 2.27. The second kappa shape index (κ2) is 7.97. The predicted molar refractivity (Wildman–Crippen MR) is 110 cm³/mol. The molecule has 0 radical (unpaired) electrons. The van der Waals surface area contributed by atoms with Gasteiger partial charge in [0.1, 0.15) is 0 Å². The van der Waals surface area contributed by atoms with Gasteiger partial charge in [-0.15, -0.1) is 0 Å². The molecular weight excluding hydrogens is 368 g/mol. The Morgan fingerprint density at radius 2 is 1.97 bits per heavy atom. The standard InChI is InChI=1S/C21H20N6O2/c1-14(2)23-21(28)24-16-8-5-7-15(13-16)20-25-19(26-29-20)17-9-3-4-10-18(17)27-12-6-11-22-27/h3-14H,1-2H3,(H2,23,24,28). The van der Waals surface area contributed by atoms with Crippen molar-refractivity contribution < 1.29 is 9.32 Å². The third kappa shape index (κ3) is 4.16. The molecule has 29 heavy (non-hydrogen) atoms. The Kier molecular flexibility index (Phi) is 5.07. The quantitative estimate of drug-likeness (QED) is 0.536. The zero-order valence-corrected chi connectivity index (χ0v) is 16.0. The van der Waals surface area contributed by atoms with Crippen LogP contribution in [0.5, 0.6) is 0 Å². The van der Waals surface area contributed by atoms with Crippen molar-refractivity contribution in [1.82, 2.24) is 25.2 Å². The van der Waals surface area contributed by atoms with Gasteiger partial charge >= 0.3 is 6.03 Å². The molecule has 2 amide bonds. The average molecular weight is 388 g/mol. The maximum Gasteiger partial charge on any atom is 0.319 e. The number of carbonyl (C=O) groups is 1. The van der Waals surface area contributed by atoms with E-state index in [0.717, 1.165) is 11.3 Å². The van der Waals surface area contributed by atoms with E-state index in [-0.39, 0.29) is 12.1 Å². The summed E-state index contributed by atoms with van der Waals surface area (Å²) in [7, 11) is 0. The average Bonchev–Trinajstić information content (AvgIpc) is 3.40. The molecule has 2 aromatic heterocycles. The number of nitrogens with one attached hydrogen (secondary N) is 2. The topological polar surface area (TPSA) is 97.9 Å². The maximum absolute atomic E-state index is 11.9. The normalized spacial score (nSPS) is 10.9. The molecule has 2 N–H and O–H groups in total. The van der Waals surface area contributed by atoms with Crippen LogP contribution in [0.15, 0.2) is 71.5 Å². The number of rotatable bonds is 5. The summed E-state index contributed by atoms with van der Waals surface area (Å²) in [6.07, 6.45) is 3.57. The van der Waals surface area contributed by atoms with Crippen molar-refractivity contribution in [2.75, 3.05) is 5.32 Å². The fourth-order valence-electron chi connectivity index (χ4n) is 2.88. The Hall–Kier alpha value is -3.94. The number of urea groups is 1. The lowest BCUT2D eigenvalue weighted by Crippen LogP contribution is -2.34. The lowest BCUT2D eigenvalue weighted by atomic mass is 10.1. The van der Waals surface area contributed by atoms with Gasteiger partial charge < -0.3 is 15.2 Å². The summed E-state index contributed by atoms with van der Waals surface area (Å²) in [6.45, 7) is 3.80. The van der Waals surface area contributed by atoms with Crippen molar-refractivity contribution in [3.8, 4) is 28.5 Å². The molecule has 4 aromatic rings. The van der Waals surface area contributed by atoms with E-state index in [1.54, 1.807) is 23.0 Å². The van der Waals surface area contributed by atoms with E-state index in [0.29, 0.717) is 23.0 Å². The minimum absolute atomic E-state index is 0.0477. The van der Waals surface area contributed by atoms with Crippen molar-refractivity contribution in [2.24, 2.45) is 0 Å². The van der Waals surface area contributed by atoms with Gasteiger partial charge in [0.05, 0.1) is 5.69 Å². The van der Waals surface area contributed by atoms with Crippen LogP contribution in [0, 0.1) is 0 Å². The van der Waals surface area contributed by atoms with E-state index >= 15 is 0 Å². The van der Waals surface area contributed by atoms with Gasteiger partial charge in [0, 0.05) is 35.2 Å². The molecule has 0 atom stereocenters. The number of carbonyl (C=O) groups excluding carboxylic acids is 1. The Labute approximate surface area is 167 Å². The Morgan fingerprint density at radius 3 is 2.76 bits per heavy atom. The fraction of sp³-hybridized carbons (Fsp3) is 0.143. The number of hydrogen-bond donors (Lipinski definition) is 2. The van der Waals surface area contributed by atoms with E-state index in [1.165, 1.54) is 0 Å². The van der Waals surface area contributed by atoms with Crippen molar-refractivity contribution in [3.05, 3.63) is 67.0 Å². The first kappa shape index (κ1) is 18.4. The molecule has 2 aromatic carbocycles. The zero-order valence-electron chi connectivity index (χ0n) is 16.0. The van der Waals surface area contributed by atoms with E-state index in [1.807, 2.05) is 62.5 Å². The second-order valence-electron chi connectivity index (χ2n) is 6.72. The van der Waals surface area contributed by atoms with Gasteiger partial charge in [-0.2, -0.15) is 10.1 Å². The molecule has 146 valence electrons. The van der Waals surface area contributed by atoms with Crippen LogP contribution < -0.4 is 10.6 Å². The van der Waals surface area contributed by atoms with Crippen molar-refractivity contribution in [2.45, 2.75) is 19.9 Å². The molecule has 0 spiro atoms. The summed E-state index contributed by atoms with van der Waals surface area (Å²) in [5, 5.41) is 14.0. The summed E-state index contributed by atoms with van der Waals surface area (Å²) in [6, 6.07) is 16.6. The molecule has 0 aliphatic carbocycles. The predicted octanol–water partition coefficient (Wildman–Crippen LogP) is 4.12. The summed E-state index contributed by atoms with van der Waals surface area (Å²) in [4.78, 5) is 16.5. The number of nitrogens with zero attached hydrogens (tertiary/aromatic N) is 4. The van der Waals surface area contributed by atoms with Gasteiger partial charge in [0.15, 0.2) is 0 Å². The molecule has 0 aliphatic heterocycles. The molecule has 0 saturated carbocycles. The highest BCUT2D eigenvalue weighted by atomic mass is 16.5. The first-order chi connectivity index (χ1) is 14.1. The van der Waals surface area contributed by atoms with Crippen LogP contribution in [0.1, 0.15) is 13.8 Å². The van der Waals surface area contributed by atoms with E-state index in [9.17, 15) is 4.79 Å². The number of anilines is 1. The number of aromatic nitrogens is 4. The molecule has 0 fully saturated rings. The van der Waals surface area contributed by atoms with E-state index in [2.05, 4.69) is 25.9 Å². The summed E-state index contributed by atoms with van der Waals surface area (Å²) < 4.78 is 7.24. The van der Waals surface area contributed by atoms with Gasteiger partial charge in [-0.25, -0.2) is 9.48 Å². The monoisotopic (exact) mass is 388 g/mol. The van der Waals surface area contributed by atoms with Crippen LogP contribution in [-0.4, -0.2) is 32.0 Å². The van der Waals surface area contributed by atoms with Crippen LogP contribution in [-0.2, 0) is 0 Å². The van der Waals surface area contributed by atoms with Crippen LogP contribution in [0.25, 0.3) is 28.5 Å². The van der Waals surface area contributed by atoms with Crippen molar-refractivity contribution in [1.29, 1.82) is 0 Å². The van der Waals surface area contributed by atoms with Crippen molar-refractivity contribution in [3.63, 3.8) is 0 Å². The van der Waals surface area contributed by atoms with Crippen LogP contribution in [0.4, 0.5) is 10.5 Å². The second-order valence-corrected chi connectivity index (χ2v) is 6.72. The molecule has 2 heterocycles. The third-order valence-electron chi connectivity index (χ3n) is 4.11. The minimum Gasteiger partial charge on any atom is -0.336 e. The first-order valence-corrected chi connectivity index (χ1v) is 9.21. The van der Waals surface area contributed by atoms with Gasteiger partial charge in [-0.3, -0.25) is 0 Å². The molecule has 0 unspecified atom stereocenters. The molecular formula is C21H20N6O2. The highest BCUT2D eigenvalue weighted by molar-refractivity contribution is 5.90. The van der Waals surface area contributed by atoms with Crippen LogP contribution in [0.3, 0.4) is 0 Å². The molecule has 8 heteroatoms. The van der Waals surface area contributed by atoms with E-state index in [4.69, 9.17) is 4.52 Å². The molecule has 0 bridgehead atoms. The molecule has 0 aliphatic rings. The highest BCUT2D eigenvalue weighted by Gasteiger charge is 2.15. The largest absolute Gasteiger partial charge is 0.336 e. The molecule has 8 nitrogen and oxygen atoms in total. The minimum atomic E-state index is -0.267. The van der Waals surface area contributed by atoms with Crippen LogP contribution >= 0.6 is 0 Å². The maximum atomic E-state index is 11.9. The summed E-state index contributed by atoms with van der Waals surface area (Å²) in [5.74, 6) is 0.824. The summed E-state index contributed by atoms with van der Waals surface area (Å²) in [5.41, 5.74) is 3.00.